The van der Waals surface area contributed by atoms with Gasteiger partial charge in [0.1, 0.15) is 39.8 Å². The van der Waals surface area contributed by atoms with Gasteiger partial charge >= 0.3 is 0 Å². The highest BCUT2D eigenvalue weighted by Gasteiger charge is 2.24. The Morgan fingerprint density at radius 2 is 0.846 bits per heavy atom. The molecule has 0 atom stereocenters. The number of rotatable bonds is 6. The molecule has 0 spiro atoms. The largest absolute Gasteiger partial charge is 0.744 e. The van der Waals surface area contributed by atoms with E-state index in [1.54, 1.807) is 18.2 Å². The molecule has 65 heavy (non-hydrogen) atoms. The molecule has 22 nitrogen and oxygen atoms in total. The average molecular weight is 1090 g/mol. The molecule has 32 heteroatoms. The van der Waals surface area contributed by atoms with Crippen LogP contribution in [0.15, 0.2) is 162 Å². The van der Waals surface area contributed by atoms with Crippen molar-refractivity contribution < 1.29 is 96.5 Å². The fraction of sp³-hybridized carbons (Fsp3) is 0.121. The number of hydrogen-bond donors (Lipinski definition) is 2. The first-order valence-electron chi connectivity index (χ1n) is 15.4. The van der Waals surface area contributed by atoms with E-state index in [0.717, 1.165) is 48.5 Å². The molecule has 0 saturated carbocycles. The number of benzene rings is 4. The zero-order chi connectivity index (χ0) is 46.5. The maximum Gasteiger partial charge on any atom is 0.299 e. The van der Waals surface area contributed by atoms with Gasteiger partial charge in [0.2, 0.25) is 0 Å². The van der Waals surface area contributed by atoms with Crippen molar-refractivity contribution in [2.75, 3.05) is 6.79 Å². The van der Waals surface area contributed by atoms with E-state index in [-0.39, 0.29) is 47.0 Å². The SMILES string of the molecule is C.C.O.O=S(=O)(Cl)c1ccccc1S(=O)(=O)Cl.O=S(=O)(O)c1ccccc1S(=O)(=O)O.O=S(=O)([O-])c1ccccc1S(=O)(=O)[O-].O=S1(=O)OCOCc2ccccc21.[B].c1cc[nH+]cc1. The van der Waals surface area contributed by atoms with Gasteiger partial charge in [0.05, 0.1) is 21.3 Å². The van der Waals surface area contributed by atoms with Crippen molar-refractivity contribution in [2.24, 2.45) is 0 Å². The minimum Gasteiger partial charge on any atom is -0.744 e. The summed E-state index contributed by atoms with van der Waals surface area (Å²) in [5, 5.41) is 0. The van der Waals surface area contributed by atoms with Crippen molar-refractivity contribution in [2.45, 2.75) is 55.7 Å². The van der Waals surface area contributed by atoms with Crippen LogP contribution in [0.2, 0.25) is 0 Å². The third kappa shape index (κ3) is 21.9. The Morgan fingerprint density at radius 3 is 1.14 bits per heavy atom. The van der Waals surface area contributed by atoms with E-state index in [0.29, 0.717) is 5.56 Å². The molecule has 5 aromatic rings. The van der Waals surface area contributed by atoms with E-state index < -0.39 is 98.1 Å². The Bertz CT molecular complexity index is 2680. The fourth-order valence-corrected chi connectivity index (χ4v) is 11.5. The van der Waals surface area contributed by atoms with Crippen molar-refractivity contribution in [3.05, 3.63) is 133 Å². The maximum absolute atomic E-state index is 11.4. The number of ether oxygens (including phenoxy) is 1. The first kappa shape index (κ1) is 65.3. The monoisotopic (exact) mass is 1090 g/mol. The molecule has 0 bridgehead atoms. The second kappa shape index (κ2) is 27.0. The quantitative estimate of drug-likeness (QED) is 0.107. The van der Waals surface area contributed by atoms with Crippen LogP contribution in [0.1, 0.15) is 20.4 Å². The highest BCUT2D eigenvalue weighted by atomic mass is 35.7. The van der Waals surface area contributed by atoms with Crippen LogP contribution in [0.4, 0.5) is 0 Å². The molecule has 1 aliphatic heterocycles. The van der Waals surface area contributed by atoms with Gasteiger partial charge in [-0.2, -0.15) is 25.3 Å². The average Bonchev–Trinajstić information content (AvgIpc) is 3.32. The Hall–Kier alpha value is -3.96. The normalized spacial score (nSPS) is 13.0. The summed E-state index contributed by atoms with van der Waals surface area (Å²) in [7, 11) is -21.0. The highest BCUT2D eigenvalue weighted by Crippen LogP contribution is 2.26. The van der Waals surface area contributed by atoms with Crippen LogP contribution in [0.25, 0.3) is 0 Å². The van der Waals surface area contributed by atoms with E-state index in [1.807, 2.05) is 30.6 Å². The fourth-order valence-electron chi connectivity index (χ4n) is 4.11. The van der Waals surface area contributed by atoms with Gasteiger partial charge in [-0.15, -0.1) is 0 Å². The third-order valence-corrected chi connectivity index (χ3v) is 14.7. The van der Waals surface area contributed by atoms with Crippen LogP contribution < -0.4 is 4.98 Å². The van der Waals surface area contributed by atoms with Crippen LogP contribution in [0.3, 0.4) is 0 Å². The molecule has 5 N–H and O–H groups in total. The molecule has 6 rings (SSSR count). The third-order valence-electron chi connectivity index (χ3n) is 6.56. The topological polar surface area (TPSA) is 390 Å². The first-order valence-corrected chi connectivity index (χ1v) is 27.1. The second-order valence-electron chi connectivity index (χ2n) is 10.8. The van der Waals surface area contributed by atoms with Gasteiger partial charge in [0, 0.05) is 41.9 Å². The minimum atomic E-state index is -4.95. The number of hydrogen-bond acceptors (Lipinski definition) is 18. The lowest BCUT2D eigenvalue weighted by atomic mass is 10.2. The van der Waals surface area contributed by atoms with Gasteiger partial charge in [-0.3, -0.25) is 9.11 Å². The highest BCUT2D eigenvalue weighted by molar-refractivity contribution is 8.16. The predicted molar refractivity (Wildman–Crippen MR) is 231 cm³/mol. The van der Waals surface area contributed by atoms with Gasteiger partial charge in [0.15, 0.2) is 19.2 Å². The summed E-state index contributed by atoms with van der Waals surface area (Å²) < 4.78 is 199. The molecule has 1 aromatic heterocycles. The molecule has 2 heterocycles. The predicted octanol–water partition coefficient (Wildman–Crippen LogP) is 2.66. The molecule has 0 aliphatic carbocycles. The molecule has 3 radical (unpaired) electrons. The number of pyridine rings is 1. The number of nitrogens with one attached hydrogen (secondary N) is 1. The van der Waals surface area contributed by atoms with Gasteiger partial charge in [-0.05, 0) is 48.0 Å². The molecule has 0 saturated heterocycles. The summed E-state index contributed by atoms with van der Waals surface area (Å²) in [6.07, 6.45) is 3.75. The van der Waals surface area contributed by atoms with E-state index in [1.165, 1.54) is 30.3 Å². The number of H-pyrrole nitrogens is 1. The van der Waals surface area contributed by atoms with Crippen LogP contribution in [-0.4, -0.2) is 97.8 Å². The summed E-state index contributed by atoms with van der Waals surface area (Å²) in [5.41, 5.74) is 0.639. The van der Waals surface area contributed by atoms with Gasteiger partial charge < -0.3 is 19.3 Å². The van der Waals surface area contributed by atoms with Crippen LogP contribution >= 0.6 is 21.4 Å². The second-order valence-corrected chi connectivity index (χ2v) is 22.9. The zero-order valence-electron chi connectivity index (χ0n) is 31.0. The summed E-state index contributed by atoms with van der Waals surface area (Å²) in [5.74, 6) is 0. The lowest BCUT2D eigenvalue weighted by Gasteiger charge is -2.14. The Labute approximate surface area is 388 Å². The number of aromatic nitrogens is 1. The lowest BCUT2D eigenvalue weighted by Crippen LogP contribution is -2.08. The van der Waals surface area contributed by atoms with Crippen LogP contribution in [0.5, 0.6) is 0 Å². The Morgan fingerprint density at radius 1 is 0.523 bits per heavy atom. The minimum absolute atomic E-state index is 0. The van der Waals surface area contributed by atoms with E-state index in [2.05, 4.69) is 9.17 Å². The molecule has 0 fully saturated rings. The summed E-state index contributed by atoms with van der Waals surface area (Å²) in [4.78, 5) is -1.67. The van der Waals surface area contributed by atoms with E-state index in [9.17, 15) is 68.0 Å². The summed E-state index contributed by atoms with van der Waals surface area (Å²) in [6, 6.07) is 25.4. The summed E-state index contributed by atoms with van der Waals surface area (Å²) >= 11 is 0. The smallest absolute Gasteiger partial charge is 0.299 e. The van der Waals surface area contributed by atoms with Gasteiger partial charge in [-0.25, -0.2) is 42.8 Å². The lowest BCUT2D eigenvalue weighted by molar-refractivity contribution is -0.378. The van der Waals surface area contributed by atoms with Crippen molar-refractivity contribution in [1.82, 2.24) is 0 Å². The van der Waals surface area contributed by atoms with Crippen LogP contribution in [-0.2, 0) is 84.2 Å². The number of fused-ring (bicyclic) bond motifs is 1. The number of halogens is 2. The van der Waals surface area contributed by atoms with Gasteiger partial charge in [0.25, 0.3) is 48.5 Å². The van der Waals surface area contributed by atoms with Crippen molar-refractivity contribution in [3.8, 4) is 0 Å². The molecular weight excluding hydrogens is 1050 g/mol. The molecule has 4 aromatic carbocycles. The standard InChI is InChI=1S/C8H8O4S.C6H4Cl2O4S2.2C6H6O6S2.C5H5N.2CH4.B.H2O/c9-13(10)8-4-2-1-3-7(8)5-11-6-12-13;7-13(9,10)5-3-1-2-4-6(5)14(8,11)12;2*7-13(8,9)5-3-1-2-4-6(5)14(10,11)12;1-2-4-6-5-3-1;;;;/h1-4H,5-6H2;1-4H;2*1-4H,(H,7,8,9)(H,10,11,12);1-5H;2*1H4;;1H2/p-1. The van der Waals surface area contributed by atoms with Crippen LogP contribution in [0, 0.1) is 0 Å². The Balaban J connectivity index is -0.000000741. The summed E-state index contributed by atoms with van der Waals surface area (Å²) in [6.45, 7) is 0.0619. The van der Waals surface area contributed by atoms with E-state index in [4.69, 9.17) is 35.2 Å². The van der Waals surface area contributed by atoms with Crippen molar-refractivity contribution in [1.29, 1.82) is 0 Å². The van der Waals surface area contributed by atoms with Crippen molar-refractivity contribution in [3.63, 3.8) is 0 Å². The zero-order valence-corrected chi connectivity index (χ0v) is 38.2. The number of aromatic amines is 1. The van der Waals surface area contributed by atoms with Crippen molar-refractivity contribution >= 4 is 98.5 Å². The van der Waals surface area contributed by atoms with E-state index >= 15 is 0 Å². The molecule has 0 amide bonds. The van der Waals surface area contributed by atoms with Gasteiger partial charge in [-0.1, -0.05) is 75.5 Å². The maximum atomic E-state index is 11.4. The molecule has 1 aliphatic rings. The Kier molecular flexibility index (Phi) is 27.1. The first-order chi connectivity index (χ1) is 27.9. The molecular formula is C33H38BCl2NO21S7-. The molecule has 0 unspecified atom stereocenters. The molecule has 361 valence electrons.